The van der Waals surface area contributed by atoms with Gasteiger partial charge in [0.1, 0.15) is 24.4 Å². The number of carbonyl (C=O) groups is 2. The highest BCUT2D eigenvalue weighted by Gasteiger charge is 2.44. The molecule has 1 amide bonds. The number of nitrogens with one attached hydrogen (secondary N) is 1. The molecule has 0 aromatic heterocycles. The summed E-state index contributed by atoms with van der Waals surface area (Å²) < 4.78 is 16.7. The van der Waals surface area contributed by atoms with Crippen LogP contribution in [0.1, 0.15) is 328 Å². The topological polar surface area (TPSA) is 175 Å². The molecule has 0 spiro atoms. The molecule has 0 bridgehead atoms. The Bertz CT molecular complexity index is 1660. The van der Waals surface area contributed by atoms with Gasteiger partial charge in [-0.15, -0.1) is 0 Å². The summed E-state index contributed by atoms with van der Waals surface area (Å²) >= 11 is 0. The lowest BCUT2D eigenvalue weighted by Crippen LogP contribution is -2.60. The smallest absolute Gasteiger partial charge is 0.305 e. The molecule has 1 aliphatic rings. The molecule has 7 unspecified atom stereocenters. The lowest BCUT2D eigenvalue weighted by atomic mass is 9.99. The van der Waals surface area contributed by atoms with Crippen LogP contribution in [-0.2, 0) is 23.8 Å². The summed E-state index contributed by atoms with van der Waals surface area (Å²) in [5.74, 6) is -0.200. The maximum absolute atomic E-state index is 13.0. The number of unbranched alkanes of at least 4 members (excludes halogenated alkanes) is 39. The molecule has 1 rings (SSSR count). The van der Waals surface area contributed by atoms with Crippen molar-refractivity contribution < 1.29 is 49.3 Å². The summed E-state index contributed by atoms with van der Waals surface area (Å²) in [6, 6.07) is -0.826. The van der Waals surface area contributed by atoms with E-state index in [1.165, 1.54) is 231 Å². The second kappa shape index (κ2) is 63.7. The minimum absolute atomic E-state index is 0.00781. The number of aliphatic hydroxyl groups is 5. The van der Waals surface area contributed by atoms with Gasteiger partial charge in [0.25, 0.3) is 0 Å². The lowest BCUT2D eigenvalue weighted by Gasteiger charge is -2.40. The molecule has 0 aliphatic carbocycles. The number of ether oxygens (including phenoxy) is 3. The lowest BCUT2D eigenvalue weighted by molar-refractivity contribution is -0.302. The average Bonchev–Trinajstić information content (AvgIpc) is 2.52. The molecule has 7 atom stereocenters. The molecule has 86 heavy (non-hydrogen) atoms. The van der Waals surface area contributed by atoms with Crippen LogP contribution >= 0.6 is 0 Å². The molecule has 0 saturated carbocycles. The first kappa shape index (κ1) is 81.1. The first-order valence-electron chi connectivity index (χ1n) is 36.2. The summed E-state index contributed by atoms with van der Waals surface area (Å²) in [5.41, 5.74) is 0. The van der Waals surface area contributed by atoms with Crippen molar-refractivity contribution in [2.75, 3.05) is 19.8 Å². The van der Waals surface area contributed by atoms with E-state index in [9.17, 15) is 35.1 Å². The Morgan fingerprint density at radius 3 is 1.24 bits per heavy atom. The van der Waals surface area contributed by atoms with Crippen molar-refractivity contribution in [3.8, 4) is 0 Å². The van der Waals surface area contributed by atoms with Crippen LogP contribution in [-0.4, -0.2) is 100 Å². The van der Waals surface area contributed by atoms with Gasteiger partial charge in [0, 0.05) is 12.8 Å². The third kappa shape index (κ3) is 51.9. The van der Waals surface area contributed by atoms with Gasteiger partial charge in [-0.2, -0.15) is 0 Å². The molecular weight excluding hydrogens is 1070 g/mol. The number of aliphatic hydroxyl groups excluding tert-OH is 5. The molecule has 0 aromatic carbocycles. The zero-order valence-electron chi connectivity index (χ0n) is 55.5. The Morgan fingerprint density at radius 1 is 0.430 bits per heavy atom. The Morgan fingerprint density at radius 2 is 0.791 bits per heavy atom. The molecule has 6 N–H and O–H groups in total. The van der Waals surface area contributed by atoms with E-state index in [2.05, 4.69) is 79.9 Å². The Hall–Kier alpha value is -2.90. The maximum Gasteiger partial charge on any atom is 0.305 e. The van der Waals surface area contributed by atoms with Gasteiger partial charge >= 0.3 is 5.97 Å². The minimum atomic E-state index is -1.58. The van der Waals surface area contributed by atoms with Crippen LogP contribution in [0.25, 0.3) is 0 Å². The predicted octanol–water partition coefficient (Wildman–Crippen LogP) is 18.7. The summed E-state index contributed by atoms with van der Waals surface area (Å²) in [7, 11) is 0. The largest absolute Gasteiger partial charge is 0.466 e. The Balaban J connectivity index is 1.93. The monoisotopic (exact) mass is 1210 g/mol. The van der Waals surface area contributed by atoms with Gasteiger partial charge in [0.05, 0.1) is 32.0 Å². The van der Waals surface area contributed by atoms with Gasteiger partial charge < -0.3 is 45.1 Å². The van der Waals surface area contributed by atoms with Crippen molar-refractivity contribution in [1.29, 1.82) is 0 Å². The normalized spacial score (nSPS) is 18.3. The fourth-order valence-corrected chi connectivity index (χ4v) is 11.0. The number of hydrogen-bond acceptors (Lipinski definition) is 10. The van der Waals surface area contributed by atoms with Gasteiger partial charge in [0.2, 0.25) is 5.91 Å². The van der Waals surface area contributed by atoms with Gasteiger partial charge in [-0.25, -0.2) is 0 Å². The quantitative estimate of drug-likeness (QED) is 0.0195. The van der Waals surface area contributed by atoms with Crippen molar-refractivity contribution in [2.45, 2.75) is 371 Å². The van der Waals surface area contributed by atoms with Crippen molar-refractivity contribution in [3.05, 3.63) is 72.9 Å². The minimum Gasteiger partial charge on any atom is -0.466 e. The molecule has 11 nitrogen and oxygen atoms in total. The maximum atomic E-state index is 13.0. The molecule has 0 aromatic rings. The highest BCUT2D eigenvalue weighted by molar-refractivity contribution is 5.76. The van der Waals surface area contributed by atoms with Crippen LogP contribution in [0.4, 0.5) is 0 Å². The van der Waals surface area contributed by atoms with E-state index >= 15 is 0 Å². The van der Waals surface area contributed by atoms with Gasteiger partial charge in [-0.1, -0.05) is 279 Å². The zero-order valence-corrected chi connectivity index (χ0v) is 55.5. The second-order valence-corrected chi connectivity index (χ2v) is 24.9. The number of allylic oxidation sites excluding steroid dienone is 11. The van der Waals surface area contributed by atoms with E-state index in [0.29, 0.717) is 19.4 Å². The first-order valence-corrected chi connectivity index (χ1v) is 36.2. The van der Waals surface area contributed by atoms with E-state index in [0.717, 1.165) is 70.6 Å². The highest BCUT2D eigenvalue weighted by Crippen LogP contribution is 2.23. The van der Waals surface area contributed by atoms with Crippen LogP contribution in [0.15, 0.2) is 72.9 Å². The van der Waals surface area contributed by atoms with Crippen molar-refractivity contribution >= 4 is 11.9 Å². The molecular formula is C75H135NO10. The summed E-state index contributed by atoms with van der Waals surface area (Å²) in [6.45, 7) is 4.27. The van der Waals surface area contributed by atoms with E-state index in [1.807, 2.05) is 6.08 Å². The summed E-state index contributed by atoms with van der Waals surface area (Å²) in [6.07, 6.45) is 76.3. The number of carbonyl (C=O) groups excluding carboxylic acids is 2. The molecule has 1 fully saturated rings. The molecule has 1 heterocycles. The SMILES string of the molecule is CCCCC/C=C\C/C=C\CCCCCCCC(=O)OCCCCCCCCCCC/C=C\C/C=C\CCCCCCCCCCCCCCCCCCCC(=O)NC(COC1OC(CO)C(O)C(O)C1O)C(O)/C=C/CC/C=C/CCCCCC. The molecule has 1 saturated heterocycles. The standard InChI is InChI=1S/C75H135NO10/c1-3-5-7-9-11-13-15-16-36-40-43-47-51-55-59-63-71(80)84-64-60-56-52-48-44-41-38-35-33-31-29-27-25-23-21-19-17-18-20-22-24-26-28-30-32-34-37-39-42-46-50-54-58-62-70(79)76-67(66-85-75-74(83)73(82)72(81)69(65-77)86-75)68(78)61-57-53-49-45-14-12-10-8-6-4-2/h11,13-14,16,21,23,27,29,36,45,57,61,67-69,72-75,77-78,81-83H,3-10,12,15,17-20,22,24-26,28,30-35,37-44,46-56,58-60,62-66H2,1-2H3,(H,76,79)/b13-11-,23-21-,29-27-,36-16-,45-14+,61-57+. The number of rotatable bonds is 63. The molecule has 500 valence electrons. The Labute approximate surface area is 528 Å². The van der Waals surface area contributed by atoms with E-state index in [1.54, 1.807) is 6.08 Å². The van der Waals surface area contributed by atoms with Gasteiger partial charge in [-0.05, 0) is 109 Å². The van der Waals surface area contributed by atoms with Crippen molar-refractivity contribution in [1.82, 2.24) is 5.32 Å². The van der Waals surface area contributed by atoms with E-state index in [-0.39, 0.29) is 18.5 Å². The van der Waals surface area contributed by atoms with E-state index in [4.69, 9.17) is 14.2 Å². The molecule has 1 aliphatic heterocycles. The fourth-order valence-electron chi connectivity index (χ4n) is 11.0. The third-order valence-corrected chi connectivity index (χ3v) is 16.8. The number of hydrogen-bond donors (Lipinski definition) is 6. The Kier molecular flexibility index (Phi) is 60.0. The van der Waals surface area contributed by atoms with Gasteiger partial charge in [0.15, 0.2) is 6.29 Å². The van der Waals surface area contributed by atoms with Crippen LogP contribution in [0.5, 0.6) is 0 Å². The van der Waals surface area contributed by atoms with Crippen LogP contribution in [0.2, 0.25) is 0 Å². The van der Waals surface area contributed by atoms with Crippen molar-refractivity contribution in [2.24, 2.45) is 0 Å². The van der Waals surface area contributed by atoms with Crippen LogP contribution in [0, 0.1) is 0 Å². The summed E-state index contributed by atoms with van der Waals surface area (Å²) in [4.78, 5) is 25.1. The number of amides is 1. The average molecular weight is 1210 g/mol. The zero-order chi connectivity index (χ0) is 62.3. The van der Waals surface area contributed by atoms with Crippen molar-refractivity contribution in [3.63, 3.8) is 0 Å². The second-order valence-electron chi connectivity index (χ2n) is 24.9. The fraction of sp³-hybridized carbons (Fsp3) is 0.813. The van der Waals surface area contributed by atoms with Crippen LogP contribution < -0.4 is 5.32 Å². The third-order valence-electron chi connectivity index (χ3n) is 16.8. The first-order chi connectivity index (χ1) is 42.2. The molecule has 0 radical (unpaired) electrons. The molecule has 11 heteroatoms. The predicted molar refractivity (Wildman–Crippen MR) is 361 cm³/mol. The van der Waals surface area contributed by atoms with Gasteiger partial charge in [-0.3, -0.25) is 9.59 Å². The van der Waals surface area contributed by atoms with Crippen LogP contribution in [0.3, 0.4) is 0 Å². The highest BCUT2D eigenvalue weighted by atomic mass is 16.7. The number of esters is 1. The summed E-state index contributed by atoms with van der Waals surface area (Å²) in [5, 5.41) is 54.3. The van der Waals surface area contributed by atoms with E-state index < -0.39 is 49.5 Å².